The lowest BCUT2D eigenvalue weighted by atomic mass is 9.78. The average molecular weight is 298 g/mol. The topological polar surface area (TPSA) is 44.9 Å². The predicted molar refractivity (Wildman–Crippen MR) is 91.2 cm³/mol. The molecule has 1 amide bonds. The molecule has 0 unspecified atom stereocenters. The Hall–Kier alpha value is -1.77. The standard InChI is InChI=1S/C19H26N2O/c1-11-8-13(3)15-10-18(20-17(15)9-11)19(22)21-16-7-5-6-12(2)14(16)4/h8-10,12,14,16,20H,5-7H2,1-4H3,(H,21,22)/t12-,14-,16+/m0/s1. The van der Waals surface area contributed by atoms with Crippen LogP contribution in [-0.2, 0) is 0 Å². The summed E-state index contributed by atoms with van der Waals surface area (Å²) >= 11 is 0. The zero-order valence-electron chi connectivity index (χ0n) is 14.0. The van der Waals surface area contributed by atoms with Crippen molar-refractivity contribution >= 4 is 16.8 Å². The first-order valence-corrected chi connectivity index (χ1v) is 8.36. The second-order valence-corrected chi connectivity index (χ2v) is 7.07. The molecular formula is C19H26N2O. The minimum absolute atomic E-state index is 0.0270. The minimum atomic E-state index is 0.0270. The zero-order chi connectivity index (χ0) is 15.9. The van der Waals surface area contributed by atoms with Crippen LogP contribution in [0.2, 0.25) is 0 Å². The van der Waals surface area contributed by atoms with E-state index >= 15 is 0 Å². The number of benzene rings is 1. The van der Waals surface area contributed by atoms with E-state index in [-0.39, 0.29) is 5.91 Å². The van der Waals surface area contributed by atoms with E-state index in [0.717, 1.165) is 17.3 Å². The van der Waals surface area contributed by atoms with Crippen LogP contribution in [0.15, 0.2) is 18.2 Å². The van der Waals surface area contributed by atoms with Gasteiger partial charge in [-0.3, -0.25) is 4.79 Å². The van der Waals surface area contributed by atoms with Gasteiger partial charge in [0.1, 0.15) is 5.69 Å². The van der Waals surface area contributed by atoms with Gasteiger partial charge in [0.15, 0.2) is 0 Å². The van der Waals surface area contributed by atoms with E-state index in [9.17, 15) is 4.79 Å². The van der Waals surface area contributed by atoms with E-state index < -0.39 is 0 Å². The number of H-pyrrole nitrogens is 1. The average Bonchev–Trinajstić information content (AvgIpc) is 2.88. The van der Waals surface area contributed by atoms with E-state index in [2.05, 4.69) is 50.1 Å². The Balaban J connectivity index is 1.82. The maximum Gasteiger partial charge on any atom is 0.267 e. The van der Waals surface area contributed by atoms with E-state index in [1.54, 1.807) is 0 Å². The molecule has 3 nitrogen and oxygen atoms in total. The molecule has 1 aromatic heterocycles. The van der Waals surface area contributed by atoms with E-state index in [0.29, 0.717) is 23.6 Å². The van der Waals surface area contributed by atoms with Gasteiger partial charge in [0.05, 0.1) is 0 Å². The van der Waals surface area contributed by atoms with Gasteiger partial charge in [-0.1, -0.05) is 32.8 Å². The third kappa shape index (κ3) is 2.77. The van der Waals surface area contributed by atoms with Gasteiger partial charge in [-0.05, 0) is 55.4 Å². The molecule has 0 saturated heterocycles. The highest BCUT2D eigenvalue weighted by molar-refractivity contribution is 5.99. The minimum Gasteiger partial charge on any atom is -0.351 e. The molecule has 22 heavy (non-hydrogen) atoms. The summed E-state index contributed by atoms with van der Waals surface area (Å²) < 4.78 is 0. The zero-order valence-corrected chi connectivity index (χ0v) is 14.0. The number of aryl methyl sites for hydroxylation is 2. The number of rotatable bonds is 2. The van der Waals surface area contributed by atoms with Crippen molar-refractivity contribution in [1.82, 2.24) is 10.3 Å². The van der Waals surface area contributed by atoms with Crippen LogP contribution in [-0.4, -0.2) is 16.9 Å². The Morgan fingerprint density at radius 3 is 2.73 bits per heavy atom. The number of aromatic amines is 1. The quantitative estimate of drug-likeness (QED) is 0.851. The summed E-state index contributed by atoms with van der Waals surface area (Å²) in [6, 6.07) is 6.54. The van der Waals surface area contributed by atoms with Crippen molar-refractivity contribution in [3.05, 3.63) is 35.0 Å². The third-order valence-corrected chi connectivity index (χ3v) is 5.36. The van der Waals surface area contributed by atoms with Gasteiger partial charge in [0.2, 0.25) is 0 Å². The van der Waals surface area contributed by atoms with Crippen molar-refractivity contribution in [2.24, 2.45) is 11.8 Å². The van der Waals surface area contributed by atoms with Gasteiger partial charge < -0.3 is 10.3 Å². The van der Waals surface area contributed by atoms with Crippen molar-refractivity contribution in [2.75, 3.05) is 0 Å². The molecule has 1 aliphatic rings. The van der Waals surface area contributed by atoms with Crippen LogP contribution in [0, 0.1) is 25.7 Å². The molecule has 1 saturated carbocycles. The van der Waals surface area contributed by atoms with Crippen LogP contribution in [0.5, 0.6) is 0 Å². The van der Waals surface area contributed by atoms with E-state index in [4.69, 9.17) is 0 Å². The van der Waals surface area contributed by atoms with Crippen molar-refractivity contribution in [2.45, 2.75) is 53.0 Å². The molecule has 3 heteroatoms. The first-order chi connectivity index (χ1) is 10.5. The second-order valence-electron chi connectivity index (χ2n) is 7.07. The first kappa shape index (κ1) is 15.1. The molecule has 0 aliphatic heterocycles. The SMILES string of the molecule is Cc1cc(C)c2cc(C(=O)N[C@@H]3CCC[C@H](C)[C@@H]3C)[nH]c2c1. The first-order valence-electron chi connectivity index (χ1n) is 8.36. The summed E-state index contributed by atoms with van der Waals surface area (Å²) in [4.78, 5) is 15.9. The summed E-state index contributed by atoms with van der Waals surface area (Å²) in [6.07, 6.45) is 3.58. The van der Waals surface area contributed by atoms with Crippen LogP contribution in [0.25, 0.3) is 10.9 Å². The number of fused-ring (bicyclic) bond motifs is 1. The molecule has 2 N–H and O–H groups in total. The normalized spacial score (nSPS) is 25.4. The fourth-order valence-electron chi connectivity index (χ4n) is 3.75. The molecule has 3 rings (SSSR count). The Kier molecular flexibility index (Phi) is 3.98. The number of nitrogens with one attached hydrogen (secondary N) is 2. The smallest absolute Gasteiger partial charge is 0.267 e. The fourth-order valence-corrected chi connectivity index (χ4v) is 3.75. The summed E-state index contributed by atoms with van der Waals surface area (Å²) in [7, 11) is 0. The van der Waals surface area contributed by atoms with Crippen molar-refractivity contribution < 1.29 is 4.79 Å². The van der Waals surface area contributed by atoms with Gasteiger partial charge in [0.25, 0.3) is 5.91 Å². The predicted octanol–water partition coefficient (Wildman–Crippen LogP) is 4.34. The van der Waals surface area contributed by atoms with Crippen molar-refractivity contribution in [1.29, 1.82) is 0 Å². The Morgan fingerprint density at radius 1 is 1.18 bits per heavy atom. The van der Waals surface area contributed by atoms with Gasteiger partial charge >= 0.3 is 0 Å². The lowest BCUT2D eigenvalue weighted by molar-refractivity contribution is 0.0887. The van der Waals surface area contributed by atoms with Gasteiger partial charge in [0, 0.05) is 16.9 Å². The second kappa shape index (κ2) is 5.79. The highest BCUT2D eigenvalue weighted by Gasteiger charge is 2.28. The third-order valence-electron chi connectivity index (χ3n) is 5.36. The molecule has 0 spiro atoms. The largest absolute Gasteiger partial charge is 0.351 e. The number of amides is 1. The van der Waals surface area contributed by atoms with Crippen LogP contribution >= 0.6 is 0 Å². The molecule has 1 heterocycles. The van der Waals surface area contributed by atoms with Gasteiger partial charge in [-0.2, -0.15) is 0 Å². The lowest BCUT2D eigenvalue weighted by Gasteiger charge is -2.34. The fraction of sp³-hybridized carbons (Fsp3) is 0.526. The molecule has 1 aliphatic carbocycles. The Labute approximate surface area is 132 Å². The molecular weight excluding hydrogens is 272 g/mol. The monoisotopic (exact) mass is 298 g/mol. The van der Waals surface area contributed by atoms with Crippen molar-refractivity contribution in [3.63, 3.8) is 0 Å². The number of hydrogen-bond acceptors (Lipinski definition) is 1. The van der Waals surface area contributed by atoms with Gasteiger partial charge in [-0.25, -0.2) is 0 Å². The van der Waals surface area contributed by atoms with Gasteiger partial charge in [-0.15, -0.1) is 0 Å². The number of carbonyl (C=O) groups excluding carboxylic acids is 1. The Morgan fingerprint density at radius 2 is 1.95 bits per heavy atom. The highest BCUT2D eigenvalue weighted by Crippen LogP contribution is 2.30. The molecule has 0 radical (unpaired) electrons. The number of carbonyl (C=O) groups is 1. The molecule has 3 atom stereocenters. The van der Waals surface area contributed by atoms with Crippen LogP contribution in [0.4, 0.5) is 0 Å². The van der Waals surface area contributed by atoms with E-state index in [1.807, 2.05) is 6.07 Å². The summed E-state index contributed by atoms with van der Waals surface area (Å²) in [5.41, 5.74) is 4.15. The Bertz CT molecular complexity index is 701. The van der Waals surface area contributed by atoms with E-state index in [1.165, 1.54) is 24.0 Å². The molecule has 118 valence electrons. The number of aromatic nitrogens is 1. The summed E-state index contributed by atoms with van der Waals surface area (Å²) in [6.45, 7) is 8.72. The maximum absolute atomic E-state index is 12.6. The maximum atomic E-state index is 12.6. The summed E-state index contributed by atoms with van der Waals surface area (Å²) in [5, 5.41) is 4.38. The molecule has 0 bridgehead atoms. The lowest BCUT2D eigenvalue weighted by Crippen LogP contribution is -2.43. The highest BCUT2D eigenvalue weighted by atomic mass is 16.1. The molecule has 2 aromatic rings. The number of hydrogen-bond donors (Lipinski definition) is 2. The molecule has 1 aromatic carbocycles. The van der Waals surface area contributed by atoms with Crippen molar-refractivity contribution in [3.8, 4) is 0 Å². The van der Waals surface area contributed by atoms with Crippen LogP contribution < -0.4 is 5.32 Å². The van der Waals surface area contributed by atoms with Crippen LogP contribution in [0.1, 0.15) is 54.7 Å². The molecule has 1 fully saturated rings. The van der Waals surface area contributed by atoms with Crippen LogP contribution in [0.3, 0.4) is 0 Å². The summed E-state index contributed by atoms with van der Waals surface area (Å²) in [5.74, 6) is 1.26.